The third-order valence-corrected chi connectivity index (χ3v) is 9.49. The Balaban J connectivity index is 1.55. The smallest absolute Gasteiger partial charge is 0.215 e. The van der Waals surface area contributed by atoms with E-state index in [2.05, 4.69) is 15.6 Å². The molecule has 264 valence electrons. The maximum Gasteiger partial charge on any atom is 0.215 e. The van der Waals surface area contributed by atoms with E-state index in [0.717, 1.165) is 6.42 Å². The van der Waals surface area contributed by atoms with Gasteiger partial charge in [0, 0.05) is 25.3 Å². The summed E-state index contributed by atoms with van der Waals surface area (Å²) < 4.78 is 24.4. The number of aliphatic hydroxyl groups excluding tert-OH is 2. The second kappa shape index (κ2) is 15.5. The molecule has 0 aromatic heterocycles. The van der Waals surface area contributed by atoms with Crippen molar-refractivity contribution in [3.8, 4) is 0 Å². The normalized spacial score (nSPS) is 42.8. The minimum Gasteiger partial charge on any atom is -0.467 e. The Hall–Kier alpha value is -2.00. The number of hydrogen-bond acceptors (Lipinski definition) is 15. The molecule has 4 rings (SSSR count). The largest absolute Gasteiger partial charge is 0.467 e. The summed E-state index contributed by atoms with van der Waals surface area (Å²) in [6.07, 6.45) is -3.74. The Kier molecular flexibility index (Phi) is 12.4. The number of likely N-dealkylation sites (N-methyl/N-ethyl adjacent to an activating group) is 1. The molecule has 0 spiro atoms. The van der Waals surface area contributed by atoms with Crippen molar-refractivity contribution >= 4 is 11.7 Å². The summed E-state index contributed by atoms with van der Waals surface area (Å²) in [4.78, 5) is 17.5. The lowest BCUT2D eigenvalue weighted by atomic mass is 9.69. The summed E-state index contributed by atoms with van der Waals surface area (Å²) in [5.74, 6) is -0.752. The van der Waals surface area contributed by atoms with Gasteiger partial charge in [-0.1, -0.05) is 0 Å². The Bertz CT molecular complexity index is 1090. The minimum absolute atomic E-state index is 0.0558. The Labute approximate surface area is 269 Å². The number of nitrogens with one attached hydrogen (secondary N) is 2. The van der Waals surface area contributed by atoms with Gasteiger partial charge in [0.1, 0.15) is 35.3 Å². The standard InChI is InChI=1S/C29H54N8O9/c1-28(41)13-43-26(21(40)24(28)35-2)45-22-14(9-19(38)29(42)10-15(11-29)37-27(33)34)8-17(32)23(20(22)39)46-25-18(36-7-3-6-30)5-4-16(12-31)44-25/h4,14-15,17-18,20-26,35-36,39-42H,3,5-13,30-32H2,1-2H3,(H4,33,34,37)/t14-,15?,17-,18+,20+,21+,22-,23?,24+,25+,26+,28-,29?/m0/s1. The van der Waals surface area contributed by atoms with Crippen molar-refractivity contribution in [2.24, 2.45) is 39.6 Å². The fourth-order valence-corrected chi connectivity index (χ4v) is 6.93. The van der Waals surface area contributed by atoms with Crippen LogP contribution in [0.2, 0.25) is 0 Å². The number of nitrogens with two attached hydrogens (primary N) is 5. The van der Waals surface area contributed by atoms with Gasteiger partial charge in [-0.2, -0.15) is 0 Å². The number of rotatable bonds is 14. The van der Waals surface area contributed by atoms with Gasteiger partial charge < -0.3 is 78.7 Å². The fourth-order valence-electron chi connectivity index (χ4n) is 6.93. The second-order valence-electron chi connectivity index (χ2n) is 13.2. The van der Waals surface area contributed by atoms with E-state index in [1.165, 1.54) is 6.92 Å². The molecule has 0 aromatic carbocycles. The lowest BCUT2D eigenvalue weighted by molar-refractivity contribution is -0.308. The van der Waals surface area contributed by atoms with Gasteiger partial charge in [0.05, 0.1) is 37.4 Å². The molecule has 3 fully saturated rings. The molecule has 17 nitrogen and oxygen atoms in total. The monoisotopic (exact) mass is 658 g/mol. The molecule has 2 saturated carbocycles. The molecule has 0 amide bonds. The van der Waals surface area contributed by atoms with Gasteiger partial charge in [-0.25, -0.2) is 0 Å². The zero-order valence-electron chi connectivity index (χ0n) is 26.7. The highest BCUT2D eigenvalue weighted by molar-refractivity contribution is 5.89. The van der Waals surface area contributed by atoms with Crippen LogP contribution >= 0.6 is 0 Å². The number of aliphatic hydroxyl groups is 4. The molecule has 16 N–H and O–H groups in total. The van der Waals surface area contributed by atoms with E-state index >= 15 is 0 Å². The average molecular weight is 659 g/mol. The molecule has 4 aliphatic rings. The predicted octanol–water partition coefficient (Wildman–Crippen LogP) is -4.46. The number of guanidine groups is 1. The molecule has 0 bridgehead atoms. The molecular weight excluding hydrogens is 604 g/mol. The number of carbonyl (C=O) groups is 1. The third kappa shape index (κ3) is 8.34. The van der Waals surface area contributed by atoms with Gasteiger partial charge >= 0.3 is 0 Å². The van der Waals surface area contributed by atoms with E-state index in [0.29, 0.717) is 25.3 Å². The molecule has 2 heterocycles. The first kappa shape index (κ1) is 36.8. The summed E-state index contributed by atoms with van der Waals surface area (Å²) in [6, 6.07) is -2.24. The van der Waals surface area contributed by atoms with E-state index < -0.39 is 72.0 Å². The lowest BCUT2D eigenvalue weighted by Gasteiger charge is -2.49. The maximum absolute atomic E-state index is 13.4. The molecule has 46 heavy (non-hydrogen) atoms. The number of ketones is 1. The molecule has 11 atom stereocenters. The Morgan fingerprint density at radius 1 is 1.13 bits per heavy atom. The van der Waals surface area contributed by atoms with Gasteiger partial charge in [0.2, 0.25) is 6.29 Å². The van der Waals surface area contributed by atoms with Crippen molar-refractivity contribution in [1.29, 1.82) is 0 Å². The topological polar surface area (TPSA) is 301 Å². The summed E-state index contributed by atoms with van der Waals surface area (Å²) in [7, 11) is 1.59. The zero-order chi connectivity index (χ0) is 33.8. The first-order chi connectivity index (χ1) is 21.7. The van der Waals surface area contributed by atoms with Crippen molar-refractivity contribution in [3.05, 3.63) is 11.8 Å². The summed E-state index contributed by atoms with van der Waals surface area (Å²) in [6.45, 7) is 2.63. The van der Waals surface area contributed by atoms with E-state index in [4.69, 9.17) is 47.6 Å². The van der Waals surface area contributed by atoms with Crippen LogP contribution in [0.5, 0.6) is 0 Å². The predicted molar refractivity (Wildman–Crippen MR) is 167 cm³/mol. The van der Waals surface area contributed by atoms with Crippen LogP contribution in [-0.2, 0) is 23.7 Å². The molecule has 2 aliphatic carbocycles. The first-order valence-corrected chi connectivity index (χ1v) is 16.0. The number of Topliss-reactive ketones (excluding diaryl/α,β-unsaturated/α-hetero) is 1. The van der Waals surface area contributed by atoms with Crippen LogP contribution in [0, 0.1) is 5.92 Å². The van der Waals surface area contributed by atoms with E-state index in [1.807, 2.05) is 6.08 Å². The second-order valence-corrected chi connectivity index (χ2v) is 13.2. The first-order valence-electron chi connectivity index (χ1n) is 16.0. The Morgan fingerprint density at radius 3 is 2.46 bits per heavy atom. The van der Waals surface area contributed by atoms with Crippen molar-refractivity contribution in [2.75, 3.05) is 33.3 Å². The minimum atomic E-state index is -1.64. The zero-order valence-corrected chi connectivity index (χ0v) is 26.7. The SMILES string of the molecule is CN[C@@H]1[C@@H](O)[C@@H](O[C@H]2[C@H](CC(=O)C3(O)CC(N=C(N)N)C3)C[C@H](N)C(O[C@H]3OC(CN)=CC[C@H]3NCCCN)[C@@H]2O)OC[C@]1(C)O. The third-order valence-electron chi connectivity index (χ3n) is 9.49. The number of nitrogens with zero attached hydrogens (tertiary/aromatic N) is 1. The number of ether oxygens (including phenoxy) is 4. The Morgan fingerprint density at radius 2 is 1.83 bits per heavy atom. The quantitative estimate of drug-likeness (QED) is 0.0476. The van der Waals surface area contributed by atoms with Crippen LogP contribution in [0.1, 0.15) is 45.4 Å². The van der Waals surface area contributed by atoms with Crippen LogP contribution in [0.3, 0.4) is 0 Å². The number of aliphatic imine (C=N–C) groups is 1. The van der Waals surface area contributed by atoms with Crippen LogP contribution in [0.15, 0.2) is 16.8 Å². The van der Waals surface area contributed by atoms with Crippen molar-refractivity contribution < 1.29 is 44.2 Å². The van der Waals surface area contributed by atoms with Gasteiger partial charge in [-0.15, -0.1) is 0 Å². The highest BCUT2D eigenvalue weighted by Crippen LogP contribution is 2.41. The van der Waals surface area contributed by atoms with Gasteiger partial charge in [-0.3, -0.25) is 9.79 Å². The molecule has 1 saturated heterocycles. The highest BCUT2D eigenvalue weighted by atomic mass is 16.7. The molecule has 1 unspecified atom stereocenters. The van der Waals surface area contributed by atoms with Crippen molar-refractivity contribution in [2.45, 2.75) is 118 Å². The molecule has 0 radical (unpaired) electrons. The lowest BCUT2D eigenvalue weighted by Crippen LogP contribution is -2.67. The number of hydrogen-bond donors (Lipinski definition) is 11. The van der Waals surface area contributed by atoms with Gasteiger partial charge in [0.25, 0.3) is 0 Å². The number of carbonyl (C=O) groups excluding carboxylic acids is 1. The maximum atomic E-state index is 13.4. The van der Waals surface area contributed by atoms with Crippen molar-refractivity contribution in [1.82, 2.24) is 10.6 Å². The molecule has 0 aromatic rings. The summed E-state index contributed by atoms with van der Waals surface area (Å²) in [5, 5.41) is 50.9. The van der Waals surface area contributed by atoms with Crippen LogP contribution < -0.4 is 39.3 Å². The van der Waals surface area contributed by atoms with Crippen LogP contribution in [0.4, 0.5) is 0 Å². The van der Waals surface area contributed by atoms with E-state index in [-0.39, 0.29) is 56.9 Å². The average Bonchev–Trinajstić information content (AvgIpc) is 2.97. The van der Waals surface area contributed by atoms with E-state index in [9.17, 15) is 25.2 Å². The van der Waals surface area contributed by atoms with Crippen LogP contribution in [0.25, 0.3) is 0 Å². The van der Waals surface area contributed by atoms with Gasteiger partial charge in [0.15, 0.2) is 18.0 Å². The summed E-state index contributed by atoms with van der Waals surface area (Å²) in [5.41, 5.74) is 26.0. The van der Waals surface area contributed by atoms with Crippen LogP contribution in [-0.4, -0.2) is 138 Å². The molecule has 17 heteroatoms. The van der Waals surface area contributed by atoms with Gasteiger partial charge in [-0.05, 0) is 58.3 Å². The van der Waals surface area contributed by atoms with Crippen molar-refractivity contribution in [3.63, 3.8) is 0 Å². The molecular formula is C29H54N8O9. The fraction of sp³-hybridized carbons (Fsp3) is 0.862. The molecule has 2 aliphatic heterocycles. The highest BCUT2D eigenvalue weighted by Gasteiger charge is 2.54. The summed E-state index contributed by atoms with van der Waals surface area (Å²) >= 11 is 0. The van der Waals surface area contributed by atoms with E-state index in [1.54, 1.807) is 7.05 Å².